The van der Waals surface area contributed by atoms with Crippen LogP contribution in [0.1, 0.15) is 42.0 Å². The van der Waals surface area contributed by atoms with E-state index in [2.05, 4.69) is 63.9 Å². The first-order valence-electron chi connectivity index (χ1n) is 8.44. The number of benzene rings is 2. The molecular weight excluding hydrogens is 326 g/mol. The van der Waals surface area contributed by atoms with Crippen molar-refractivity contribution in [3.05, 3.63) is 65.2 Å². The van der Waals surface area contributed by atoms with Gasteiger partial charge in [0.1, 0.15) is 0 Å². The second-order valence-corrected chi connectivity index (χ2v) is 6.99. The van der Waals surface area contributed by atoms with E-state index >= 15 is 0 Å². The molecule has 3 nitrogen and oxygen atoms in total. The van der Waals surface area contributed by atoms with Crippen LogP contribution in [0.5, 0.6) is 0 Å². The van der Waals surface area contributed by atoms with Crippen LogP contribution in [-0.4, -0.2) is 12.2 Å². The highest BCUT2D eigenvalue weighted by molar-refractivity contribution is 7.80. The topological polar surface area (TPSA) is 41.3 Å². The van der Waals surface area contributed by atoms with Crippen molar-refractivity contribution in [2.45, 2.75) is 33.6 Å². The van der Waals surface area contributed by atoms with E-state index in [4.69, 9.17) is 18.0 Å². The van der Waals surface area contributed by atoms with Crippen LogP contribution in [0.3, 0.4) is 0 Å². The van der Waals surface area contributed by atoms with Crippen molar-refractivity contribution in [3.63, 3.8) is 0 Å². The molecule has 0 saturated heterocycles. The summed E-state index contributed by atoms with van der Waals surface area (Å²) >= 11 is 5.55. The van der Waals surface area contributed by atoms with Crippen molar-refractivity contribution in [2.24, 2.45) is 0 Å². The van der Waals surface area contributed by atoms with Crippen LogP contribution < -0.4 is 16.0 Å². The van der Waals surface area contributed by atoms with E-state index in [0.717, 1.165) is 28.2 Å². The van der Waals surface area contributed by atoms with Gasteiger partial charge in [0.15, 0.2) is 5.11 Å². The van der Waals surface area contributed by atoms with E-state index in [9.17, 15) is 0 Å². The molecule has 0 bridgehead atoms. The Morgan fingerprint density at radius 1 is 1.12 bits per heavy atom. The predicted molar refractivity (Wildman–Crippen MR) is 114 cm³/mol. The van der Waals surface area contributed by atoms with Crippen LogP contribution in [-0.2, 0) is 0 Å². The maximum absolute atomic E-state index is 6.12. The first-order chi connectivity index (χ1) is 11.8. The van der Waals surface area contributed by atoms with Gasteiger partial charge in [-0.1, -0.05) is 32.6 Å². The second-order valence-electron chi connectivity index (χ2n) is 6.60. The van der Waals surface area contributed by atoms with E-state index in [1.165, 1.54) is 11.1 Å². The molecule has 0 atom stereocenters. The standard InChI is InChI=1S/C21H27N3S/c1-13(2)19-12-17(8-10-20(19)22)16(5)24(21(25)23-6)18-9-7-14(3)15(4)11-18/h7-13H,5,22H2,1-4,6H3,(H,23,25). The zero-order valence-corrected chi connectivity index (χ0v) is 16.5. The van der Waals surface area contributed by atoms with E-state index in [1.807, 2.05) is 24.1 Å². The Kier molecular flexibility index (Phi) is 5.85. The summed E-state index contributed by atoms with van der Waals surface area (Å²) in [4.78, 5) is 1.97. The Morgan fingerprint density at radius 3 is 2.36 bits per heavy atom. The van der Waals surface area contributed by atoms with Gasteiger partial charge in [-0.25, -0.2) is 0 Å². The van der Waals surface area contributed by atoms with Gasteiger partial charge in [0, 0.05) is 24.1 Å². The number of rotatable bonds is 4. The highest BCUT2D eigenvalue weighted by Crippen LogP contribution is 2.30. The molecule has 0 spiro atoms. The van der Waals surface area contributed by atoms with E-state index in [0.29, 0.717) is 11.0 Å². The molecule has 0 saturated carbocycles. The summed E-state index contributed by atoms with van der Waals surface area (Å²) in [6, 6.07) is 12.3. The molecule has 0 radical (unpaired) electrons. The number of nitrogens with zero attached hydrogens (tertiary/aromatic N) is 1. The van der Waals surface area contributed by atoms with Crippen LogP contribution in [0.15, 0.2) is 43.0 Å². The summed E-state index contributed by atoms with van der Waals surface area (Å²) in [6.07, 6.45) is 0. The predicted octanol–water partition coefficient (Wildman–Crippen LogP) is 4.99. The Labute approximate surface area is 156 Å². The van der Waals surface area contributed by atoms with Gasteiger partial charge in [-0.05, 0) is 78.5 Å². The van der Waals surface area contributed by atoms with Gasteiger partial charge in [0.05, 0.1) is 0 Å². The average Bonchev–Trinajstić information content (AvgIpc) is 2.58. The van der Waals surface area contributed by atoms with Gasteiger partial charge >= 0.3 is 0 Å². The van der Waals surface area contributed by atoms with Gasteiger partial charge in [0.2, 0.25) is 0 Å². The van der Waals surface area contributed by atoms with Gasteiger partial charge < -0.3 is 11.1 Å². The molecule has 0 aliphatic carbocycles. The Morgan fingerprint density at radius 2 is 1.80 bits per heavy atom. The molecule has 132 valence electrons. The monoisotopic (exact) mass is 353 g/mol. The van der Waals surface area contributed by atoms with Crippen LogP contribution in [0.25, 0.3) is 5.70 Å². The summed E-state index contributed by atoms with van der Waals surface area (Å²) in [6.45, 7) is 12.8. The Bertz CT molecular complexity index is 809. The molecule has 4 heteroatoms. The quantitative estimate of drug-likeness (QED) is 0.600. The van der Waals surface area contributed by atoms with Crippen molar-refractivity contribution in [3.8, 4) is 0 Å². The van der Waals surface area contributed by atoms with Crippen molar-refractivity contribution >= 4 is 34.4 Å². The number of hydrogen-bond donors (Lipinski definition) is 2. The molecule has 0 fully saturated rings. The molecule has 0 heterocycles. The third kappa shape index (κ3) is 4.02. The molecule has 0 unspecified atom stereocenters. The number of aryl methyl sites for hydroxylation is 2. The number of nitrogens with two attached hydrogens (primary N) is 1. The maximum Gasteiger partial charge on any atom is 0.177 e. The maximum atomic E-state index is 6.12. The molecule has 2 rings (SSSR count). The Balaban J connectivity index is 2.51. The smallest absolute Gasteiger partial charge is 0.177 e. The zero-order chi connectivity index (χ0) is 18.7. The summed E-state index contributed by atoms with van der Waals surface area (Å²) in [7, 11) is 1.83. The third-order valence-corrected chi connectivity index (χ3v) is 4.86. The van der Waals surface area contributed by atoms with Gasteiger partial charge in [-0.2, -0.15) is 0 Å². The second kappa shape index (κ2) is 7.70. The number of anilines is 2. The van der Waals surface area contributed by atoms with Crippen molar-refractivity contribution in [1.82, 2.24) is 5.32 Å². The summed E-state index contributed by atoms with van der Waals surface area (Å²) in [5.41, 5.74) is 13.3. The lowest BCUT2D eigenvalue weighted by atomic mass is 9.97. The lowest BCUT2D eigenvalue weighted by Gasteiger charge is -2.28. The molecule has 0 aromatic heterocycles. The van der Waals surface area contributed by atoms with Crippen molar-refractivity contribution in [2.75, 3.05) is 17.7 Å². The van der Waals surface area contributed by atoms with Crippen LogP contribution in [0, 0.1) is 13.8 Å². The Hall–Kier alpha value is -2.33. The fraction of sp³-hybridized carbons (Fsp3) is 0.286. The zero-order valence-electron chi connectivity index (χ0n) is 15.7. The lowest BCUT2D eigenvalue weighted by molar-refractivity contribution is 0.869. The van der Waals surface area contributed by atoms with Crippen LogP contribution >= 0.6 is 12.2 Å². The fourth-order valence-corrected chi connectivity index (χ4v) is 2.97. The van der Waals surface area contributed by atoms with Crippen LogP contribution in [0.2, 0.25) is 0 Å². The summed E-state index contributed by atoms with van der Waals surface area (Å²) in [5, 5.41) is 3.68. The molecule has 0 amide bonds. The SMILES string of the molecule is C=C(c1ccc(N)c(C(C)C)c1)N(C(=S)NC)c1ccc(C)c(C)c1. The largest absolute Gasteiger partial charge is 0.398 e. The molecule has 3 N–H and O–H groups in total. The van der Waals surface area contributed by atoms with Crippen LogP contribution in [0.4, 0.5) is 11.4 Å². The van der Waals surface area contributed by atoms with Gasteiger partial charge in [-0.3, -0.25) is 4.90 Å². The number of thiocarbonyl (C=S) groups is 1. The first-order valence-corrected chi connectivity index (χ1v) is 8.84. The highest BCUT2D eigenvalue weighted by atomic mass is 32.1. The number of nitrogens with one attached hydrogen (secondary N) is 1. The van der Waals surface area contributed by atoms with Crippen molar-refractivity contribution < 1.29 is 0 Å². The molecule has 25 heavy (non-hydrogen) atoms. The van der Waals surface area contributed by atoms with Crippen molar-refractivity contribution in [1.29, 1.82) is 0 Å². The van der Waals surface area contributed by atoms with Gasteiger partial charge in [0.25, 0.3) is 0 Å². The molecule has 0 aliphatic heterocycles. The normalized spacial score (nSPS) is 10.6. The third-order valence-electron chi connectivity index (χ3n) is 4.48. The average molecular weight is 354 g/mol. The van der Waals surface area contributed by atoms with E-state index in [-0.39, 0.29) is 0 Å². The number of hydrogen-bond acceptors (Lipinski definition) is 2. The molecule has 0 aliphatic rings. The van der Waals surface area contributed by atoms with E-state index in [1.54, 1.807) is 0 Å². The molecule has 2 aromatic rings. The first kappa shape index (κ1) is 19.0. The highest BCUT2D eigenvalue weighted by Gasteiger charge is 2.18. The lowest BCUT2D eigenvalue weighted by Crippen LogP contribution is -2.36. The summed E-state index contributed by atoms with van der Waals surface area (Å²) < 4.78 is 0. The minimum Gasteiger partial charge on any atom is -0.398 e. The minimum absolute atomic E-state index is 0.346. The summed E-state index contributed by atoms with van der Waals surface area (Å²) in [5.74, 6) is 0.346. The molecule has 2 aromatic carbocycles. The number of nitrogen functional groups attached to an aromatic ring is 1. The van der Waals surface area contributed by atoms with Gasteiger partial charge in [-0.15, -0.1) is 0 Å². The van der Waals surface area contributed by atoms with E-state index < -0.39 is 0 Å². The molecular formula is C21H27N3S. The fourth-order valence-electron chi connectivity index (χ4n) is 2.76. The minimum atomic E-state index is 0.346.